The van der Waals surface area contributed by atoms with Crippen molar-refractivity contribution in [2.45, 2.75) is 52.5 Å². The minimum Gasteiger partial charge on any atom is -0.348 e. The standard InChI is InChI=1S/C25H32ClN5.C2H6/c1-2-20-17-21(26)9-10-23(20)25(24-8-3-5-11-28-24)31-15-13-30(14-16-31)12-6-4-7-22-18-27-19-29-22;1-2/h3,5,8-11,17-19,25H,2,4,6-7,12-16H2,1H3,(H,27,29);1-2H3. The summed E-state index contributed by atoms with van der Waals surface area (Å²) in [6, 6.07) is 12.7. The van der Waals surface area contributed by atoms with Gasteiger partial charge in [0.05, 0.1) is 18.1 Å². The third-order valence-electron chi connectivity index (χ3n) is 6.25. The molecule has 1 saturated heterocycles. The van der Waals surface area contributed by atoms with E-state index in [2.05, 4.69) is 51.0 Å². The van der Waals surface area contributed by atoms with Crippen molar-refractivity contribution in [3.63, 3.8) is 0 Å². The molecule has 0 spiro atoms. The second-order valence-electron chi connectivity index (χ2n) is 8.27. The van der Waals surface area contributed by atoms with Gasteiger partial charge >= 0.3 is 0 Å². The lowest BCUT2D eigenvalue weighted by Crippen LogP contribution is -2.48. The first-order valence-corrected chi connectivity index (χ1v) is 12.8. The molecule has 5 nitrogen and oxygen atoms in total. The summed E-state index contributed by atoms with van der Waals surface area (Å²) < 4.78 is 0. The van der Waals surface area contributed by atoms with Gasteiger partial charge in [0.15, 0.2) is 0 Å². The van der Waals surface area contributed by atoms with E-state index in [0.29, 0.717) is 0 Å². The molecule has 178 valence electrons. The fraction of sp³-hybridized carbons (Fsp3) is 0.481. The van der Waals surface area contributed by atoms with Crippen LogP contribution in [-0.4, -0.2) is 57.5 Å². The molecule has 0 amide bonds. The maximum atomic E-state index is 6.30. The van der Waals surface area contributed by atoms with Crippen molar-refractivity contribution in [3.05, 3.63) is 82.7 Å². The minimum atomic E-state index is 0.177. The van der Waals surface area contributed by atoms with Crippen molar-refractivity contribution >= 4 is 11.6 Å². The Kier molecular flexibility index (Phi) is 10.4. The van der Waals surface area contributed by atoms with Crippen molar-refractivity contribution in [3.8, 4) is 0 Å². The maximum absolute atomic E-state index is 6.30. The van der Waals surface area contributed by atoms with Crippen molar-refractivity contribution in [2.75, 3.05) is 32.7 Å². The molecular formula is C27H38ClN5. The van der Waals surface area contributed by atoms with Gasteiger partial charge in [0.25, 0.3) is 0 Å². The largest absolute Gasteiger partial charge is 0.348 e. The highest BCUT2D eigenvalue weighted by Gasteiger charge is 2.28. The van der Waals surface area contributed by atoms with Gasteiger partial charge in [-0.3, -0.25) is 9.88 Å². The van der Waals surface area contributed by atoms with E-state index in [-0.39, 0.29) is 6.04 Å². The lowest BCUT2D eigenvalue weighted by atomic mass is 9.94. The van der Waals surface area contributed by atoms with Crippen molar-refractivity contribution in [1.82, 2.24) is 24.8 Å². The maximum Gasteiger partial charge on any atom is 0.0921 e. The van der Waals surface area contributed by atoms with E-state index in [0.717, 1.165) is 56.3 Å². The predicted octanol–water partition coefficient (Wildman–Crippen LogP) is 5.78. The molecule has 0 radical (unpaired) electrons. The summed E-state index contributed by atoms with van der Waals surface area (Å²) in [6.45, 7) is 11.7. The molecule has 1 aliphatic rings. The van der Waals surface area contributed by atoms with Gasteiger partial charge in [0.1, 0.15) is 0 Å². The molecule has 0 aliphatic carbocycles. The molecule has 0 bridgehead atoms. The number of piperazine rings is 1. The Morgan fingerprint density at radius 3 is 2.55 bits per heavy atom. The average Bonchev–Trinajstić information content (AvgIpc) is 3.39. The molecule has 3 aromatic rings. The number of unbranched alkanes of at least 4 members (excludes halogenated alkanes) is 1. The quantitative estimate of drug-likeness (QED) is 0.405. The van der Waals surface area contributed by atoms with Gasteiger partial charge in [-0.15, -0.1) is 0 Å². The van der Waals surface area contributed by atoms with Crippen LogP contribution in [0.5, 0.6) is 0 Å². The molecular weight excluding hydrogens is 430 g/mol. The van der Waals surface area contributed by atoms with Gasteiger partial charge in [0, 0.05) is 49.3 Å². The number of hydrogen-bond acceptors (Lipinski definition) is 4. The zero-order chi connectivity index (χ0) is 23.5. The zero-order valence-corrected chi connectivity index (χ0v) is 21.1. The molecule has 1 fully saturated rings. The number of nitrogens with zero attached hydrogens (tertiary/aromatic N) is 4. The van der Waals surface area contributed by atoms with Crippen molar-refractivity contribution in [2.24, 2.45) is 0 Å². The number of aromatic nitrogens is 3. The molecule has 33 heavy (non-hydrogen) atoms. The van der Waals surface area contributed by atoms with Crippen LogP contribution in [0.3, 0.4) is 0 Å². The number of aryl methyl sites for hydroxylation is 2. The third-order valence-corrected chi connectivity index (χ3v) is 6.48. The van der Waals surface area contributed by atoms with Gasteiger partial charge in [-0.05, 0) is 67.6 Å². The SMILES string of the molecule is CC.CCc1cc(Cl)ccc1C(c1ccccn1)N1CCN(CCCCc2cnc[nH]2)CC1. The van der Waals surface area contributed by atoms with E-state index < -0.39 is 0 Å². The van der Waals surface area contributed by atoms with Crippen LogP contribution in [0.1, 0.15) is 62.2 Å². The highest BCUT2D eigenvalue weighted by Crippen LogP contribution is 2.32. The summed E-state index contributed by atoms with van der Waals surface area (Å²) in [5.74, 6) is 0. The summed E-state index contributed by atoms with van der Waals surface area (Å²) in [6.07, 6.45) is 10.1. The fourth-order valence-corrected chi connectivity index (χ4v) is 4.74. The Balaban J connectivity index is 0.00000149. The predicted molar refractivity (Wildman–Crippen MR) is 138 cm³/mol. The number of halogens is 1. The van der Waals surface area contributed by atoms with E-state index >= 15 is 0 Å². The summed E-state index contributed by atoms with van der Waals surface area (Å²) in [7, 11) is 0. The molecule has 1 aliphatic heterocycles. The van der Waals surface area contributed by atoms with Crippen LogP contribution in [-0.2, 0) is 12.8 Å². The number of benzene rings is 1. The molecule has 4 rings (SSSR count). The average molecular weight is 468 g/mol. The summed E-state index contributed by atoms with van der Waals surface area (Å²) >= 11 is 6.30. The topological polar surface area (TPSA) is 48.1 Å². The molecule has 1 unspecified atom stereocenters. The number of pyridine rings is 1. The number of hydrogen-bond donors (Lipinski definition) is 1. The van der Waals surface area contributed by atoms with Gasteiger partial charge in [0.2, 0.25) is 0 Å². The Labute approximate surface area is 204 Å². The van der Waals surface area contributed by atoms with Crippen LogP contribution < -0.4 is 0 Å². The first kappa shape index (κ1) is 25.4. The van der Waals surface area contributed by atoms with E-state index in [1.807, 2.05) is 38.4 Å². The number of H-pyrrole nitrogens is 1. The summed E-state index contributed by atoms with van der Waals surface area (Å²) in [5, 5.41) is 0.806. The first-order valence-electron chi connectivity index (χ1n) is 12.4. The smallest absolute Gasteiger partial charge is 0.0921 e. The van der Waals surface area contributed by atoms with E-state index in [1.54, 1.807) is 6.33 Å². The number of nitrogens with one attached hydrogen (secondary N) is 1. The van der Waals surface area contributed by atoms with Crippen molar-refractivity contribution in [1.29, 1.82) is 0 Å². The van der Waals surface area contributed by atoms with Gasteiger partial charge in [-0.1, -0.05) is 44.5 Å². The highest BCUT2D eigenvalue weighted by molar-refractivity contribution is 6.30. The molecule has 3 heterocycles. The lowest BCUT2D eigenvalue weighted by molar-refractivity contribution is 0.106. The Hall–Kier alpha value is -2.21. The van der Waals surface area contributed by atoms with Gasteiger partial charge in [-0.2, -0.15) is 0 Å². The van der Waals surface area contributed by atoms with Crippen LogP contribution >= 0.6 is 11.6 Å². The molecule has 6 heteroatoms. The number of imidazole rings is 1. The van der Waals surface area contributed by atoms with Gasteiger partial charge < -0.3 is 9.88 Å². The second-order valence-corrected chi connectivity index (χ2v) is 8.70. The highest BCUT2D eigenvalue weighted by atomic mass is 35.5. The normalized spacial score (nSPS) is 15.6. The number of aromatic amines is 1. The van der Waals surface area contributed by atoms with Crippen molar-refractivity contribution < 1.29 is 0 Å². The van der Waals surface area contributed by atoms with Crippen LogP contribution in [0.2, 0.25) is 5.02 Å². The summed E-state index contributed by atoms with van der Waals surface area (Å²) in [4.78, 5) is 17.2. The minimum absolute atomic E-state index is 0.177. The molecule has 1 N–H and O–H groups in total. The van der Waals surface area contributed by atoms with E-state index in [4.69, 9.17) is 16.6 Å². The molecule has 0 saturated carbocycles. The van der Waals surface area contributed by atoms with E-state index in [9.17, 15) is 0 Å². The molecule has 1 atom stereocenters. The van der Waals surface area contributed by atoms with Crippen LogP contribution in [0.15, 0.2) is 55.1 Å². The fourth-order valence-electron chi connectivity index (χ4n) is 4.55. The van der Waals surface area contributed by atoms with E-state index in [1.165, 1.54) is 29.7 Å². The third kappa shape index (κ3) is 7.13. The first-order chi connectivity index (χ1) is 16.2. The monoisotopic (exact) mass is 467 g/mol. The second kappa shape index (κ2) is 13.5. The Bertz CT molecular complexity index is 921. The Morgan fingerprint density at radius 2 is 1.88 bits per heavy atom. The Morgan fingerprint density at radius 1 is 1.06 bits per heavy atom. The number of rotatable bonds is 9. The summed E-state index contributed by atoms with van der Waals surface area (Å²) in [5.41, 5.74) is 4.99. The van der Waals surface area contributed by atoms with Crippen LogP contribution in [0.4, 0.5) is 0 Å². The lowest BCUT2D eigenvalue weighted by Gasteiger charge is -2.40. The molecule has 1 aromatic carbocycles. The molecule has 2 aromatic heterocycles. The van der Waals surface area contributed by atoms with Crippen LogP contribution in [0, 0.1) is 0 Å². The van der Waals surface area contributed by atoms with Gasteiger partial charge in [-0.25, -0.2) is 4.98 Å². The zero-order valence-electron chi connectivity index (χ0n) is 20.3. The van der Waals surface area contributed by atoms with Crippen LogP contribution in [0.25, 0.3) is 0 Å².